The SMILES string of the molecule is C/C=C(\C)c1ccc(-c2ccc(-c3cnc([C@H](CC)N(C)C(=O)C(C)c4ccccc4)[nH]3)cc2)cc1.CCC.[HH]. The minimum absolute atomic E-state index is 0. The number of rotatable bonds is 8. The molecular weight excluding hydrogens is 478 g/mol. The van der Waals surface area contributed by atoms with Gasteiger partial charge in [0.1, 0.15) is 5.82 Å². The smallest absolute Gasteiger partial charge is 0.230 e. The van der Waals surface area contributed by atoms with Gasteiger partial charge in [-0.1, -0.05) is 112 Å². The average molecular weight is 524 g/mol. The first kappa shape index (κ1) is 29.6. The summed E-state index contributed by atoms with van der Waals surface area (Å²) < 4.78 is 0. The summed E-state index contributed by atoms with van der Waals surface area (Å²) in [5, 5.41) is 0. The Morgan fingerprint density at radius 1 is 0.923 bits per heavy atom. The topological polar surface area (TPSA) is 49.0 Å². The zero-order valence-electron chi connectivity index (χ0n) is 24.5. The molecule has 3 aromatic carbocycles. The Balaban J connectivity index is 0.00000134. The number of benzene rings is 3. The van der Waals surface area contributed by atoms with E-state index in [4.69, 9.17) is 0 Å². The van der Waals surface area contributed by atoms with Crippen LogP contribution >= 0.6 is 0 Å². The van der Waals surface area contributed by atoms with Crippen molar-refractivity contribution < 1.29 is 6.22 Å². The van der Waals surface area contributed by atoms with Crippen LogP contribution in [0.5, 0.6) is 0 Å². The van der Waals surface area contributed by atoms with Gasteiger partial charge in [0.2, 0.25) is 5.91 Å². The Labute approximate surface area is 236 Å². The lowest BCUT2D eigenvalue weighted by atomic mass is 9.99. The lowest BCUT2D eigenvalue weighted by Gasteiger charge is -2.28. The third-order valence-corrected chi connectivity index (χ3v) is 7.09. The molecule has 0 saturated heterocycles. The highest BCUT2D eigenvalue weighted by Gasteiger charge is 2.27. The fraction of sp³-hybridized carbons (Fsp3) is 0.314. The highest BCUT2D eigenvalue weighted by molar-refractivity contribution is 5.83. The minimum atomic E-state index is -0.205. The number of carbonyl (C=O) groups is 1. The number of likely N-dealkylation sites (N-methyl/N-ethyl adjacent to an activating group) is 1. The summed E-state index contributed by atoms with van der Waals surface area (Å²) in [5.74, 6) is 0.692. The fourth-order valence-corrected chi connectivity index (χ4v) is 4.58. The molecule has 1 heterocycles. The molecule has 0 fully saturated rings. The summed E-state index contributed by atoms with van der Waals surface area (Å²) in [6, 6.07) is 27.0. The highest BCUT2D eigenvalue weighted by atomic mass is 16.2. The van der Waals surface area contributed by atoms with Gasteiger partial charge in [-0.3, -0.25) is 4.79 Å². The molecule has 4 aromatic rings. The molecule has 206 valence electrons. The predicted octanol–water partition coefficient (Wildman–Crippen LogP) is 9.54. The minimum Gasteiger partial charge on any atom is -0.340 e. The van der Waals surface area contributed by atoms with Crippen molar-refractivity contribution in [3.8, 4) is 22.4 Å². The number of H-pyrrole nitrogens is 1. The maximum atomic E-state index is 13.2. The molecule has 0 radical (unpaired) electrons. The molecule has 1 unspecified atom stereocenters. The molecule has 4 nitrogen and oxygen atoms in total. The molecule has 2 atom stereocenters. The zero-order chi connectivity index (χ0) is 28.4. The van der Waals surface area contributed by atoms with Gasteiger partial charge in [0.25, 0.3) is 0 Å². The Morgan fingerprint density at radius 3 is 2.00 bits per heavy atom. The van der Waals surface area contributed by atoms with Gasteiger partial charge in [0.05, 0.1) is 23.9 Å². The number of nitrogens with one attached hydrogen (secondary N) is 1. The summed E-state index contributed by atoms with van der Waals surface area (Å²) in [7, 11) is 1.87. The Kier molecular flexibility index (Phi) is 10.9. The van der Waals surface area contributed by atoms with Crippen LogP contribution in [0.4, 0.5) is 0 Å². The standard InChI is InChI=1S/C32H35N3O.C3H8.H2/c1-6-22(3)24-13-15-26(16-14-24)27-17-19-28(20-18-27)29-21-33-31(34-29)30(7-2)35(5)32(36)23(4)25-11-9-8-10-12-25;1-3-2;/h6,8-21,23,30H,7H2,1-5H3,(H,33,34);3H2,1-2H3;1H/b22-6+;;/t23?,30-;;/m0../s1. The first-order valence-electron chi connectivity index (χ1n) is 14.0. The lowest BCUT2D eigenvalue weighted by molar-refractivity contribution is -0.133. The predicted molar refractivity (Wildman–Crippen MR) is 168 cm³/mol. The van der Waals surface area contributed by atoms with Gasteiger partial charge in [0, 0.05) is 8.47 Å². The number of aromatic amines is 1. The number of amides is 1. The van der Waals surface area contributed by atoms with Crippen LogP contribution in [0.1, 0.15) is 84.7 Å². The van der Waals surface area contributed by atoms with Crippen molar-refractivity contribution in [2.75, 3.05) is 7.05 Å². The number of nitrogens with zero attached hydrogens (tertiary/aromatic N) is 2. The highest BCUT2D eigenvalue weighted by Crippen LogP contribution is 2.29. The van der Waals surface area contributed by atoms with Crippen LogP contribution in [0.3, 0.4) is 0 Å². The van der Waals surface area contributed by atoms with E-state index in [1.54, 1.807) is 0 Å². The Morgan fingerprint density at radius 2 is 1.46 bits per heavy atom. The van der Waals surface area contributed by atoms with Crippen LogP contribution in [0.25, 0.3) is 28.0 Å². The van der Waals surface area contributed by atoms with Crippen molar-refractivity contribution >= 4 is 11.5 Å². The van der Waals surface area contributed by atoms with E-state index in [1.807, 2.05) is 55.4 Å². The molecule has 4 heteroatoms. The molecule has 0 saturated carbocycles. The number of carbonyl (C=O) groups excluding carboxylic acids is 1. The van der Waals surface area contributed by atoms with E-state index in [0.29, 0.717) is 0 Å². The lowest BCUT2D eigenvalue weighted by Crippen LogP contribution is -2.34. The quantitative estimate of drug-likeness (QED) is 0.250. The van der Waals surface area contributed by atoms with Crippen LogP contribution in [0.15, 0.2) is 91.1 Å². The van der Waals surface area contributed by atoms with Crippen molar-refractivity contribution in [3.05, 3.63) is 108 Å². The van der Waals surface area contributed by atoms with Gasteiger partial charge < -0.3 is 9.88 Å². The van der Waals surface area contributed by atoms with E-state index in [2.05, 4.69) is 99.2 Å². The fourth-order valence-electron chi connectivity index (χ4n) is 4.58. The second-order valence-electron chi connectivity index (χ2n) is 10.0. The molecule has 0 bridgehead atoms. The zero-order valence-corrected chi connectivity index (χ0v) is 24.5. The number of hydrogen-bond acceptors (Lipinski definition) is 2. The van der Waals surface area contributed by atoms with Gasteiger partial charge in [-0.25, -0.2) is 4.98 Å². The Bertz CT molecular complexity index is 1340. The van der Waals surface area contributed by atoms with Crippen LogP contribution in [-0.2, 0) is 4.79 Å². The Hall–Kier alpha value is -3.92. The van der Waals surface area contributed by atoms with Crippen molar-refractivity contribution in [2.24, 2.45) is 0 Å². The van der Waals surface area contributed by atoms with Gasteiger partial charge in [0.15, 0.2) is 0 Å². The number of aromatic nitrogens is 2. The first-order chi connectivity index (χ1) is 18.8. The molecular formula is C35H45N3O. The normalized spacial score (nSPS) is 12.7. The van der Waals surface area contributed by atoms with Crippen LogP contribution in [-0.4, -0.2) is 27.8 Å². The molecule has 0 aliphatic heterocycles. The van der Waals surface area contributed by atoms with Gasteiger partial charge in [-0.05, 0) is 60.6 Å². The summed E-state index contributed by atoms with van der Waals surface area (Å²) in [6.45, 7) is 12.5. The molecule has 0 aliphatic rings. The monoisotopic (exact) mass is 523 g/mol. The number of imidazole rings is 1. The van der Waals surface area contributed by atoms with E-state index in [9.17, 15) is 4.79 Å². The third kappa shape index (κ3) is 7.35. The molecule has 0 aliphatic carbocycles. The van der Waals surface area contributed by atoms with Gasteiger partial charge in [-0.2, -0.15) is 0 Å². The van der Waals surface area contributed by atoms with Crippen LogP contribution < -0.4 is 0 Å². The maximum absolute atomic E-state index is 13.2. The second kappa shape index (κ2) is 14.3. The first-order valence-corrected chi connectivity index (χ1v) is 14.0. The van der Waals surface area contributed by atoms with Crippen molar-refractivity contribution in [2.45, 2.75) is 66.3 Å². The van der Waals surface area contributed by atoms with Gasteiger partial charge in [-0.15, -0.1) is 0 Å². The van der Waals surface area contributed by atoms with Crippen LogP contribution in [0.2, 0.25) is 0 Å². The second-order valence-corrected chi connectivity index (χ2v) is 10.0. The van der Waals surface area contributed by atoms with Crippen molar-refractivity contribution in [1.29, 1.82) is 0 Å². The molecule has 0 spiro atoms. The van der Waals surface area contributed by atoms with Crippen molar-refractivity contribution in [3.63, 3.8) is 0 Å². The van der Waals surface area contributed by atoms with Crippen molar-refractivity contribution in [1.82, 2.24) is 14.9 Å². The summed E-state index contributed by atoms with van der Waals surface area (Å²) in [4.78, 5) is 23.2. The van der Waals surface area contributed by atoms with E-state index in [1.165, 1.54) is 28.7 Å². The number of hydrogen-bond donors (Lipinski definition) is 1. The largest absolute Gasteiger partial charge is 0.340 e. The molecule has 1 amide bonds. The summed E-state index contributed by atoms with van der Waals surface area (Å²) in [5.41, 5.74) is 7.93. The maximum Gasteiger partial charge on any atom is 0.230 e. The summed E-state index contributed by atoms with van der Waals surface area (Å²) in [6.07, 6.45) is 6.02. The van der Waals surface area contributed by atoms with E-state index in [0.717, 1.165) is 29.1 Å². The molecule has 1 N–H and O–H groups in total. The van der Waals surface area contributed by atoms with Crippen LogP contribution in [0, 0.1) is 0 Å². The van der Waals surface area contributed by atoms with Gasteiger partial charge >= 0.3 is 0 Å². The van der Waals surface area contributed by atoms with E-state index < -0.39 is 0 Å². The number of allylic oxidation sites excluding steroid dienone is 2. The average Bonchev–Trinajstić information content (AvgIpc) is 3.47. The van der Waals surface area contributed by atoms with E-state index >= 15 is 0 Å². The summed E-state index contributed by atoms with van der Waals surface area (Å²) >= 11 is 0. The molecule has 39 heavy (non-hydrogen) atoms. The third-order valence-electron chi connectivity index (χ3n) is 7.09. The molecule has 1 aromatic heterocycles. The molecule has 4 rings (SSSR count). The van der Waals surface area contributed by atoms with E-state index in [-0.39, 0.29) is 19.3 Å².